The van der Waals surface area contributed by atoms with Gasteiger partial charge in [0.1, 0.15) is 11.5 Å². The van der Waals surface area contributed by atoms with Crippen molar-refractivity contribution >= 4 is 0 Å². The van der Waals surface area contributed by atoms with Crippen molar-refractivity contribution in [3.05, 3.63) is 54.0 Å². The summed E-state index contributed by atoms with van der Waals surface area (Å²) in [7, 11) is 1.67. The number of methoxy groups -OCH3 is 1. The van der Waals surface area contributed by atoms with Gasteiger partial charge in [-0.05, 0) is 36.2 Å². The normalized spacial score (nSPS) is 12.5. The zero-order valence-corrected chi connectivity index (χ0v) is 13.4. The summed E-state index contributed by atoms with van der Waals surface area (Å²) < 4.78 is 10.7. The Bertz CT molecular complexity index is 539. The number of aliphatic hydroxyl groups is 1. The molecule has 2 rings (SSSR count). The molecule has 0 amide bonds. The molecule has 1 N–H and O–H groups in total. The van der Waals surface area contributed by atoms with Gasteiger partial charge in [0.15, 0.2) is 0 Å². The van der Waals surface area contributed by atoms with Gasteiger partial charge in [0.05, 0.1) is 26.0 Å². The topological polar surface area (TPSA) is 45.8 Å². The lowest BCUT2D eigenvalue weighted by molar-refractivity contribution is 0.0932. The Labute approximate surface area is 132 Å². The van der Waals surface area contributed by atoms with Crippen LogP contribution in [0.1, 0.15) is 31.1 Å². The first kappa shape index (κ1) is 16.6. The zero-order valence-electron chi connectivity index (χ0n) is 13.4. The lowest BCUT2D eigenvalue weighted by Gasteiger charge is -2.24. The van der Waals surface area contributed by atoms with Gasteiger partial charge >= 0.3 is 0 Å². The van der Waals surface area contributed by atoms with E-state index in [0.717, 1.165) is 36.5 Å². The van der Waals surface area contributed by atoms with Crippen LogP contribution in [-0.2, 0) is 13.1 Å². The van der Waals surface area contributed by atoms with Gasteiger partial charge in [-0.1, -0.05) is 25.5 Å². The first-order valence-corrected chi connectivity index (χ1v) is 7.77. The van der Waals surface area contributed by atoms with Crippen LogP contribution in [0, 0.1) is 0 Å². The third-order valence-corrected chi connectivity index (χ3v) is 3.59. The number of hydrogen-bond donors (Lipinski definition) is 1. The van der Waals surface area contributed by atoms with Crippen LogP contribution in [0.25, 0.3) is 0 Å². The Morgan fingerprint density at radius 1 is 1.23 bits per heavy atom. The Balaban J connectivity index is 2.05. The van der Waals surface area contributed by atoms with E-state index in [4.69, 9.17) is 9.15 Å². The van der Waals surface area contributed by atoms with Crippen molar-refractivity contribution in [1.29, 1.82) is 0 Å². The molecule has 2 aromatic rings. The lowest BCUT2D eigenvalue weighted by atomic mass is 10.1. The van der Waals surface area contributed by atoms with Crippen molar-refractivity contribution in [2.75, 3.05) is 13.7 Å². The Hall–Kier alpha value is -1.78. The molecule has 0 radical (unpaired) electrons. The molecular weight excluding hydrogens is 278 g/mol. The van der Waals surface area contributed by atoms with Gasteiger partial charge in [-0.2, -0.15) is 0 Å². The molecule has 0 spiro atoms. The fourth-order valence-electron chi connectivity index (χ4n) is 2.56. The van der Waals surface area contributed by atoms with E-state index in [1.165, 1.54) is 0 Å². The lowest BCUT2D eigenvalue weighted by Crippen LogP contribution is -2.31. The van der Waals surface area contributed by atoms with Gasteiger partial charge in [0, 0.05) is 13.1 Å². The SMILES string of the molecule is CCCC(O)CN(Cc1cccc(OC)c1)Cc1ccco1. The molecule has 1 heterocycles. The number of furan rings is 1. The van der Waals surface area contributed by atoms with Crippen molar-refractivity contribution in [3.8, 4) is 5.75 Å². The predicted molar refractivity (Wildman–Crippen MR) is 86.7 cm³/mol. The van der Waals surface area contributed by atoms with Crippen LogP contribution in [0.2, 0.25) is 0 Å². The Morgan fingerprint density at radius 3 is 2.77 bits per heavy atom. The minimum absolute atomic E-state index is 0.314. The van der Waals surface area contributed by atoms with Gasteiger partial charge in [-0.3, -0.25) is 4.90 Å². The van der Waals surface area contributed by atoms with Crippen LogP contribution in [0.3, 0.4) is 0 Å². The third kappa shape index (κ3) is 5.20. The monoisotopic (exact) mass is 303 g/mol. The average molecular weight is 303 g/mol. The summed E-state index contributed by atoms with van der Waals surface area (Å²) in [6.07, 6.45) is 3.16. The van der Waals surface area contributed by atoms with Crippen LogP contribution in [0.15, 0.2) is 47.1 Å². The smallest absolute Gasteiger partial charge is 0.119 e. The molecule has 0 saturated carbocycles. The van der Waals surface area contributed by atoms with E-state index >= 15 is 0 Å². The molecule has 0 fully saturated rings. The van der Waals surface area contributed by atoms with E-state index in [1.807, 2.05) is 30.3 Å². The van der Waals surface area contributed by atoms with Gasteiger partial charge in [0.2, 0.25) is 0 Å². The number of ether oxygens (including phenoxy) is 1. The Kier molecular flexibility index (Phi) is 6.49. The second-order valence-electron chi connectivity index (χ2n) is 5.54. The number of hydrogen-bond acceptors (Lipinski definition) is 4. The van der Waals surface area contributed by atoms with E-state index in [0.29, 0.717) is 13.1 Å². The maximum atomic E-state index is 10.1. The molecule has 1 aromatic heterocycles. The number of benzene rings is 1. The predicted octanol–water partition coefficient (Wildman–Crippen LogP) is 3.45. The van der Waals surface area contributed by atoms with Crippen LogP contribution in [0.4, 0.5) is 0 Å². The first-order chi connectivity index (χ1) is 10.7. The van der Waals surface area contributed by atoms with Gasteiger partial charge in [-0.15, -0.1) is 0 Å². The van der Waals surface area contributed by atoms with Crippen molar-refractivity contribution < 1.29 is 14.3 Å². The molecular formula is C18H25NO3. The minimum atomic E-state index is -0.314. The largest absolute Gasteiger partial charge is 0.497 e. The molecule has 0 aliphatic rings. The molecule has 4 heteroatoms. The summed E-state index contributed by atoms with van der Waals surface area (Å²) in [6, 6.07) is 11.9. The van der Waals surface area contributed by atoms with E-state index in [1.54, 1.807) is 13.4 Å². The van der Waals surface area contributed by atoms with E-state index in [2.05, 4.69) is 17.9 Å². The zero-order chi connectivity index (χ0) is 15.8. The van der Waals surface area contributed by atoms with Gasteiger partial charge in [-0.25, -0.2) is 0 Å². The van der Waals surface area contributed by atoms with Crippen LogP contribution in [-0.4, -0.2) is 29.8 Å². The average Bonchev–Trinajstić information content (AvgIpc) is 3.00. The first-order valence-electron chi connectivity index (χ1n) is 7.77. The molecule has 0 bridgehead atoms. The second-order valence-corrected chi connectivity index (χ2v) is 5.54. The second kappa shape index (κ2) is 8.61. The summed E-state index contributed by atoms with van der Waals surface area (Å²) in [5, 5.41) is 10.1. The maximum Gasteiger partial charge on any atom is 0.119 e. The van der Waals surface area contributed by atoms with Crippen molar-refractivity contribution in [2.24, 2.45) is 0 Å². The molecule has 1 aromatic carbocycles. The van der Waals surface area contributed by atoms with Gasteiger partial charge < -0.3 is 14.3 Å². The van der Waals surface area contributed by atoms with E-state index in [9.17, 15) is 5.11 Å². The summed E-state index contributed by atoms with van der Waals surface area (Å²) >= 11 is 0. The number of aliphatic hydroxyl groups excluding tert-OH is 1. The highest BCUT2D eigenvalue weighted by atomic mass is 16.5. The number of rotatable bonds is 9. The highest BCUT2D eigenvalue weighted by molar-refractivity contribution is 5.28. The molecule has 0 saturated heterocycles. The molecule has 1 unspecified atom stereocenters. The molecule has 0 aliphatic carbocycles. The van der Waals surface area contributed by atoms with Crippen molar-refractivity contribution in [3.63, 3.8) is 0 Å². The summed E-state index contributed by atoms with van der Waals surface area (Å²) in [5.41, 5.74) is 1.16. The molecule has 120 valence electrons. The van der Waals surface area contributed by atoms with Crippen molar-refractivity contribution in [2.45, 2.75) is 39.0 Å². The van der Waals surface area contributed by atoms with Crippen LogP contribution in [0.5, 0.6) is 5.75 Å². The summed E-state index contributed by atoms with van der Waals surface area (Å²) in [5.74, 6) is 1.76. The highest BCUT2D eigenvalue weighted by Crippen LogP contribution is 2.17. The minimum Gasteiger partial charge on any atom is -0.497 e. The van der Waals surface area contributed by atoms with Crippen molar-refractivity contribution in [1.82, 2.24) is 4.90 Å². The quantitative estimate of drug-likeness (QED) is 0.770. The molecule has 0 aliphatic heterocycles. The molecule has 4 nitrogen and oxygen atoms in total. The van der Waals surface area contributed by atoms with E-state index in [-0.39, 0.29) is 6.10 Å². The molecule has 1 atom stereocenters. The molecule has 22 heavy (non-hydrogen) atoms. The van der Waals surface area contributed by atoms with Crippen LogP contribution < -0.4 is 4.74 Å². The third-order valence-electron chi connectivity index (χ3n) is 3.59. The van der Waals surface area contributed by atoms with Gasteiger partial charge in [0.25, 0.3) is 0 Å². The summed E-state index contributed by atoms with van der Waals surface area (Å²) in [4.78, 5) is 2.20. The van der Waals surface area contributed by atoms with E-state index < -0.39 is 0 Å². The Morgan fingerprint density at radius 2 is 2.09 bits per heavy atom. The fraction of sp³-hybridized carbons (Fsp3) is 0.444. The maximum absolute atomic E-state index is 10.1. The number of nitrogens with zero attached hydrogens (tertiary/aromatic N) is 1. The van der Waals surface area contributed by atoms with Crippen LogP contribution >= 0.6 is 0 Å². The summed E-state index contributed by atoms with van der Waals surface area (Å²) in [6.45, 7) is 4.15. The highest BCUT2D eigenvalue weighted by Gasteiger charge is 2.14. The standard InChI is InChI=1S/C18H25NO3/c1-3-6-16(20)13-19(14-18-9-5-10-22-18)12-15-7-4-8-17(11-15)21-2/h4-5,7-11,16,20H,3,6,12-14H2,1-2H3. The fourth-order valence-corrected chi connectivity index (χ4v) is 2.56.